The van der Waals surface area contributed by atoms with Crippen molar-refractivity contribution in [1.82, 2.24) is 4.98 Å². The molecule has 4 aromatic carbocycles. The first-order valence-corrected chi connectivity index (χ1v) is 11.2. The van der Waals surface area contributed by atoms with Gasteiger partial charge in [0.1, 0.15) is 0 Å². The smallest absolute Gasteiger partial charge is 0.269 e. The third-order valence-corrected chi connectivity index (χ3v) is 5.81. The van der Waals surface area contributed by atoms with Crippen molar-refractivity contribution in [3.8, 4) is 0 Å². The van der Waals surface area contributed by atoms with Gasteiger partial charge in [0, 0.05) is 57.5 Å². The largest absolute Gasteiger partial charge is 0.322 e. The molecule has 5 aromatic rings. The lowest BCUT2D eigenvalue weighted by molar-refractivity contribution is -0.385. The number of carbonyl (C=O) groups is 2. The molecule has 186 valence electrons. The van der Waals surface area contributed by atoms with Crippen molar-refractivity contribution >= 4 is 56.4 Å². The fourth-order valence-corrected chi connectivity index (χ4v) is 3.85. The lowest BCUT2D eigenvalue weighted by Gasteiger charge is -2.09. The zero-order valence-corrected chi connectivity index (χ0v) is 19.5. The fraction of sp³-hybridized carbons (Fsp3) is 0. The number of benzene rings is 4. The Morgan fingerprint density at radius 2 is 0.974 bits per heavy atom. The molecule has 0 bridgehead atoms. The van der Waals surface area contributed by atoms with Crippen molar-refractivity contribution < 1.29 is 19.4 Å². The third kappa shape index (κ3) is 4.97. The first-order valence-electron chi connectivity index (χ1n) is 11.2. The minimum absolute atomic E-state index is 0.105. The predicted molar refractivity (Wildman–Crippen MR) is 141 cm³/mol. The van der Waals surface area contributed by atoms with E-state index in [1.165, 1.54) is 48.5 Å². The monoisotopic (exact) mass is 507 g/mol. The van der Waals surface area contributed by atoms with E-state index in [0.717, 1.165) is 10.8 Å². The molecule has 0 fully saturated rings. The van der Waals surface area contributed by atoms with Crippen LogP contribution in [-0.4, -0.2) is 26.6 Å². The number of pyridine rings is 1. The summed E-state index contributed by atoms with van der Waals surface area (Å²) >= 11 is 0. The number of amides is 2. The Labute approximate surface area is 214 Å². The summed E-state index contributed by atoms with van der Waals surface area (Å²) in [5.41, 5.74) is 2.55. The first-order chi connectivity index (χ1) is 18.3. The van der Waals surface area contributed by atoms with Gasteiger partial charge >= 0.3 is 0 Å². The number of hydrogen-bond donors (Lipinski definition) is 2. The van der Waals surface area contributed by atoms with E-state index in [2.05, 4.69) is 15.6 Å². The Kier molecular flexibility index (Phi) is 6.15. The van der Waals surface area contributed by atoms with Crippen molar-refractivity contribution in [3.05, 3.63) is 122 Å². The first kappa shape index (κ1) is 24.0. The Hall–Kier alpha value is -5.71. The lowest BCUT2D eigenvalue weighted by Crippen LogP contribution is -2.12. The molecule has 1 aromatic heterocycles. The van der Waals surface area contributed by atoms with E-state index in [4.69, 9.17) is 0 Å². The van der Waals surface area contributed by atoms with Gasteiger partial charge in [0.15, 0.2) is 0 Å². The molecule has 2 amide bonds. The number of carbonyl (C=O) groups excluding carboxylic acids is 2. The summed E-state index contributed by atoms with van der Waals surface area (Å²) in [5.74, 6) is -0.840. The van der Waals surface area contributed by atoms with E-state index in [0.29, 0.717) is 22.4 Å². The van der Waals surface area contributed by atoms with Crippen molar-refractivity contribution in [2.75, 3.05) is 10.6 Å². The highest BCUT2D eigenvalue weighted by atomic mass is 16.6. The van der Waals surface area contributed by atoms with E-state index in [1.54, 1.807) is 24.3 Å². The maximum atomic E-state index is 12.6. The molecule has 0 aliphatic heterocycles. The van der Waals surface area contributed by atoms with Crippen LogP contribution in [0.15, 0.2) is 91.0 Å². The van der Waals surface area contributed by atoms with Gasteiger partial charge in [-0.3, -0.25) is 29.8 Å². The van der Waals surface area contributed by atoms with Crippen LogP contribution >= 0.6 is 0 Å². The fourth-order valence-electron chi connectivity index (χ4n) is 3.85. The molecule has 1 heterocycles. The average Bonchev–Trinajstić information content (AvgIpc) is 2.92. The second-order valence-corrected chi connectivity index (χ2v) is 8.32. The van der Waals surface area contributed by atoms with E-state index >= 15 is 0 Å². The van der Waals surface area contributed by atoms with Crippen molar-refractivity contribution in [2.45, 2.75) is 0 Å². The zero-order valence-electron chi connectivity index (χ0n) is 19.5. The van der Waals surface area contributed by atoms with Crippen LogP contribution in [0.3, 0.4) is 0 Å². The second kappa shape index (κ2) is 9.74. The van der Waals surface area contributed by atoms with Crippen LogP contribution in [0, 0.1) is 20.2 Å². The van der Waals surface area contributed by atoms with E-state index < -0.39 is 21.7 Å². The number of aromatic nitrogens is 1. The molecule has 38 heavy (non-hydrogen) atoms. The Morgan fingerprint density at radius 1 is 0.579 bits per heavy atom. The number of non-ortho nitro benzene ring substituents is 2. The van der Waals surface area contributed by atoms with Crippen LogP contribution < -0.4 is 10.6 Å². The van der Waals surface area contributed by atoms with Gasteiger partial charge in [-0.25, -0.2) is 4.98 Å². The number of rotatable bonds is 6. The molecular formula is C27H17N5O6. The topological polar surface area (TPSA) is 157 Å². The highest BCUT2D eigenvalue weighted by Gasteiger charge is 2.12. The minimum Gasteiger partial charge on any atom is -0.322 e. The summed E-state index contributed by atoms with van der Waals surface area (Å²) in [5, 5.41) is 28.8. The van der Waals surface area contributed by atoms with E-state index in [-0.39, 0.29) is 22.5 Å². The van der Waals surface area contributed by atoms with Gasteiger partial charge in [-0.05, 0) is 54.6 Å². The van der Waals surface area contributed by atoms with Crippen molar-refractivity contribution in [1.29, 1.82) is 0 Å². The highest BCUT2D eigenvalue weighted by Crippen LogP contribution is 2.25. The summed E-state index contributed by atoms with van der Waals surface area (Å²) in [6.45, 7) is 0. The normalized spacial score (nSPS) is 10.7. The van der Waals surface area contributed by atoms with Crippen LogP contribution in [-0.2, 0) is 0 Å². The van der Waals surface area contributed by atoms with Gasteiger partial charge in [-0.1, -0.05) is 12.1 Å². The maximum Gasteiger partial charge on any atom is 0.269 e. The number of anilines is 2. The third-order valence-electron chi connectivity index (χ3n) is 5.81. The van der Waals surface area contributed by atoms with Gasteiger partial charge in [-0.15, -0.1) is 0 Å². The minimum atomic E-state index is -0.534. The average molecular weight is 507 g/mol. The zero-order chi connectivity index (χ0) is 26.8. The molecule has 11 nitrogen and oxygen atoms in total. The van der Waals surface area contributed by atoms with Gasteiger partial charge in [0.2, 0.25) is 0 Å². The molecule has 0 saturated heterocycles. The molecule has 0 unspecified atom stereocenters. The van der Waals surface area contributed by atoms with Gasteiger partial charge < -0.3 is 10.6 Å². The molecule has 5 rings (SSSR count). The predicted octanol–water partition coefficient (Wildman–Crippen LogP) is 5.71. The van der Waals surface area contributed by atoms with Crippen LogP contribution in [0.25, 0.3) is 21.8 Å². The number of nitro benzene ring substituents is 2. The van der Waals surface area contributed by atoms with Crippen molar-refractivity contribution in [2.24, 2.45) is 0 Å². The number of hydrogen-bond acceptors (Lipinski definition) is 7. The highest BCUT2D eigenvalue weighted by molar-refractivity contribution is 6.07. The Morgan fingerprint density at radius 3 is 1.34 bits per heavy atom. The van der Waals surface area contributed by atoms with Gasteiger partial charge in [0.05, 0.1) is 20.9 Å². The van der Waals surface area contributed by atoms with Crippen LogP contribution in [0.4, 0.5) is 22.7 Å². The Balaban J connectivity index is 1.36. The molecule has 0 radical (unpaired) electrons. The summed E-state index contributed by atoms with van der Waals surface area (Å²) in [6, 6.07) is 23.0. The maximum absolute atomic E-state index is 12.6. The van der Waals surface area contributed by atoms with Gasteiger partial charge in [-0.2, -0.15) is 0 Å². The molecule has 2 N–H and O–H groups in total. The summed E-state index contributed by atoms with van der Waals surface area (Å²) in [7, 11) is 0. The SMILES string of the molecule is O=C(Nc1ccc2cc3ccc(NC(=O)c4ccc([N+](=O)[O-])cc4)cc3nc2c1)c1ccc([N+](=O)[O-])cc1. The van der Waals surface area contributed by atoms with Crippen LogP contribution in [0.2, 0.25) is 0 Å². The molecule has 0 saturated carbocycles. The molecule has 11 heteroatoms. The number of nitrogens with zero attached hydrogens (tertiary/aromatic N) is 3. The summed E-state index contributed by atoms with van der Waals surface area (Å²) in [4.78, 5) is 50.4. The molecule has 0 spiro atoms. The number of nitro groups is 2. The standard InChI is InChI=1S/C27H17N5O6/c33-26(16-3-9-22(10-4-16)31(35)36)28-20-7-1-18-13-19-2-8-21(15-25(19)30-24(18)14-20)29-27(34)17-5-11-23(12-6-17)32(37)38/h1-15H,(H,28,33)(H,29,34). The quantitative estimate of drug-likeness (QED) is 0.169. The van der Waals surface area contributed by atoms with Gasteiger partial charge in [0.25, 0.3) is 23.2 Å². The van der Waals surface area contributed by atoms with Crippen LogP contribution in [0.5, 0.6) is 0 Å². The lowest BCUT2D eigenvalue weighted by atomic mass is 10.1. The van der Waals surface area contributed by atoms with Crippen LogP contribution in [0.1, 0.15) is 20.7 Å². The molecule has 0 atom stereocenters. The van der Waals surface area contributed by atoms with Crippen molar-refractivity contribution in [3.63, 3.8) is 0 Å². The molecule has 0 aliphatic carbocycles. The number of nitrogens with one attached hydrogen (secondary N) is 2. The molecular weight excluding hydrogens is 490 g/mol. The summed E-state index contributed by atoms with van der Waals surface area (Å²) in [6.07, 6.45) is 0. The summed E-state index contributed by atoms with van der Waals surface area (Å²) < 4.78 is 0. The molecule has 0 aliphatic rings. The van der Waals surface area contributed by atoms with E-state index in [9.17, 15) is 29.8 Å². The van der Waals surface area contributed by atoms with E-state index in [1.807, 2.05) is 18.2 Å². The Bertz CT molecular complexity index is 1620. The second-order valence-electron chi connectivity index (χ2n) is 8.32. The number of fused-ring (bicyclic) bond motifs is 2.